The Labute approximate surface area is 52.3 Å². The van der Waals surface area contributed by atoms with Gasteiger partial charge in [0.2, 0.25) is 5.01 Å². The van der Waals surface area contributed by atoms with Gasteiger partial charge in [0.05, 0.1) is 0 Å². The number of rotatable bonds is 3. The van der Waals surface area contributed by atoms with Crippen molar-refractivity contribution in [3.8, 4) is 6.57 Å². The summed E-state index contributed by atoms with van der Waals surface area (Å²) in [5, 5.41) is 2.84. The summed E-state index contributed by atoms with van der Waals surface area (Å²) < 4.78 is 8.16. The van der Waals surface area contributed by atoms with Crippen molar-refractivity contribution in [1.29, 1.82) is 0 Å². The quantitative estimate of drug-likeness (QED) is 0.304. The molecule has 7 heavy (non-hydrogen) atoms. The maximum atomic E-state index is 4.68. The predicted molar refractivity (Wildman–Crippen MR) is 36.5 cm³/mol. The lowest BCUT2D eigenvalue weighted by atomic mass is 11.5. The van der Waals surface area contributed by atoms with Crippen LogP contribution < -0.4 is 0 Å². The van der Waals surface area contributed by atoms with Crippen molar-refractivity contribution < 1.29 is 7.90 Å². The highest BCUT2D eigenvalue weighted by Gasteiger charge is 1.82. The van der Waals surface area contributed by atoms with E-state index in [-0.39, 0.29) is 6.79 Å². The minimum Gasteiger partial charge on any atom is -0.276 e. The second kappa shape index (κ2) is 5.85. The first-order chi connectivity index (χ1) is 3.41. The van der Waals surface area contributed by atoms with Crippen LogP contribution in [0.3, 0.4) is 0 Å². The van der Waals surface area contributed by atoms with Crippen LogP contribution in [0.25, 0.3) is 5.01 Å². The van der Waals surface area contributed by atoms with Crippen molar-refractivity contribution in [2.45, 2.75) is 0 Å². The Bertz CT molecular complexity index is 87.4. The topological polar surface area (TPSA) is 22.8 Å². The normalized spacial score (nSPS) is 7.29. The van der Waals surface area contributed by atoms with Gasteiger partial charge in [-0.05, 0) is 4.51 Å². The minimum atomic E-state index is -0.396. The molecule has 40 valence electrons. The molecule has 0 aromatic carbocycles. The molecule has 0 aromatic heterocycles. The summed E-state index contributed by atoms with van der Waals surface area (Å²) in [7, 11) is 0. The van der Waals surface area contributed by atoms with E-state index in [0.717, 1.165) is 0 Å². The number of hydrogen-bond donors (Lipinski definition) is 0. The molecule has 0 aliphatic carbocycles. The molecule has 0 radical (unpaired) electrons. The largest absolute Gasteiger partial charge is 0.335 e. The summed E-state index contributed by atoms with van der Waals surface area (Å²) >= 11 is -0.396. The summed E-state index contributed by atoms with van der Waals surface area (Å²) in [6.07, 6.45) is 0. The van der Waals surface area contributed by atoms with Gasteiger partial charge < -0.3 is 0 Å². The first-order valence-corrected chi connectivity index (χ1v) is 3.85. The van der Waals surface area contributed by atoms with Gasteiger partial charge in [-0.3, -0.25) is 3.07 Å². The standard InChI is InChI=1S/C3H5INO2/c1-4-6-3-7-5-2/h2H,1,3H2/q+1. The number of hydrogen-bond acceptors (Lipinski definition) is 2. The summed E-state index contributed by atoms with van der Waals surface area (Å²) in [5.41, 5.74) is 0. The molecule has 0 unspecified atom stereocenters. The Hall–Kier alpha value is -0.150. The smallest absolute Gasteiger partial charge is 0.276 e. The fourth-order valence-electron chi connectivity index (χ4n) is 0.0818. The highest BCUT2D eigenvalue weighted by atomic mass is 127. The molecule has 0 fully saturated rings. The van der Waals surface area contributed by atoms with Crippen molar-refractivity contribution in [2.24, 2.45) is 0 Å². The molecular weight excluding hydrogens is 209 g/mol. The highest BCUT2D eigenvalue weighted by molar-refractivity contribution is 14.2. The van der Waals surface area contributed by atoms with Gasteiger partial charge in [0.1, 0.15) is 0 Å². The third kappa shape index (κ3) is 5.85. The van der Waals surface area contributed by atoms with E-state index >= 15 is 0 Å². The van der Waals surface area contributed by atoms with Gasteiger partial charge in [0.25, 0.3) is 6.79 Å². The molecule has 0 amide bonds. The van der Waals surface area contributed by atoms with Crippen LogP contribution in [0, 0.1) is 6.57 Å². The lowest BCUT2D eigenvalue weighted by molar-refractivity contribution is 0.114. The van der Waals surface area contributed by atoms with Crippen LogP contribution in [-0.4, -0.2) is 11.3 Å². The van der Waals surface area contributed by atoms with Crippen molar-refractivity contribution in [1.82, 2.24) is 0 Å². The van der Waals surface area contributed by atoms with Gasteiger partial charge in [-0.2, -0.15) is 0 Å². The zero-order valence-corrected chi connectivity index (χ0v) is 5.79. The van der Waals surface area contributed by atoms with E-state index in [1.54, 1.807) is 0 Å². The molecule has 0 aliphatic rings. The van der Waals surface area contributed by atoms with E-state index in [9.17, 15) is 0 Å². The fraction of sp³-hybridized carbons (Fsp3) is 0.333. The van der Waals surface area contributed by atoms with Crippen LogP contribution in [0.15, 0.2) is 0 Å². The highest BCUT2D eigenvalue weighted by Crippen LogP contribution is 1.92. The second-order valence-corrected chi connectivity index (χ2v) is 1.82. The van der Waals surface area contributed by atoms with Crippen molar-refractivity contribution in [3.63, 3.8) is 0 Å². The third-order valence-corrected chi connectivity index (χ3v) is 0.944. The van der Waals surface area contributed by atoms with Crippen LogP contribution >= 0.6 is 21.1 Å². The van der Waals surface area contributed by atoms with Gasteiger partial charge in [-0.25, -0.2) is 0 Å². The molecule has 0 N–H and O–H groups in total. The molecule has 0 bridgehead atoms. The maximum absolute atomic E-state index is 4.68. The van der Waals surface area contributed by atoms with Gasteiger partial charge in [0.15, 0.2) is 0 Å². The first-order valence-electron chi connectivity index (χ1n) is 1.44. The monoisotopic (exact) mass is 214 g/mol. The number of halogens is 1. The molecule has 0 heterocycles. The van der Waals surface area contributed by atoms with Crippen LogP contribution in [0.2, 0.25) is 0 Å². The number of nitrogens with zero attached hydrogens (tertiary/aromatic N) is 1. The first kappa shape index (κ1) is 6.85. The summed E-state index contributed by atoms with van der Waals surface area (Å²) in [4.78, 5) is 4.24. The Kier molecular flexibility index (Phi) is 5.72. The zero-order valence-electron chi connectivity index (χ0n) is 3.63. The fourth-order valence-corrected chi connectivity index (χ4v) is 0.375. The van der Waals surface area contributed by atoms with Gasteiger partial charge >= 0.3 is 6.57 Å². The van der Waals surface area contributed by atoms with Crippen molar-refractivity contribution in [3.05, 3.63) is 5.01 Å². The Balaban J connectivity index is 2.72. The summed E-state index contributed by atoms with van der Waals surface area (Å²) in [5.74, 6) is 0. The van der Waals surface area contributed by atoms with Crippen LogP contribution in [0.1, 0.15) is 0 Å². The van der Waals surface area contributed by atoms with E-state index < -0.39 is 21.1 Å². The molecule has 3 nitrogen and oxygen atoms in total. The van der Waals surface area contributed by atoms with E-state index in [4.69, 9.17) is 0 Å². The van der Waals surface area contributed by atoms with E-state index in [2.05, 4.69) is 24.0 Å². The Morgan fingerprint density at radius 3 is 3.00 bits per heavy atom. The van der Waals surface area contributed by atoms with E-state index in [1.165, 1.54) is 0 Å². The van der Waals surface area contributed by atoms with Crippen molar-refractivity contribution in [2.75, 3.05) is 6.79 Å². The van der Waals surface area contributed by atoms with E-state index in [1.807, 2.05) is 0 Å². The molecule has 0 saturated heterocycles. The van der Waals surface area contributed by atoms with Crippen molar-refractivity contribution >= 4 is 25.7 Å². The van der Waals surface area contributed by atoms with Gasteiger partial charge in [0, 0.05) is 21.1 Å². The molecule has 0 saturated carbocycles. The molecular formula is C3H5INO2+. The SMILES string of the molecule is C#[N+]OCOI=C. The molecule has 0 spiro atoms. The third-order valence-electron chi connectivity index (χ3n) is 0.249. The van der Waals surface area contributed by atoms with Gasteiger partial charge in [-0.15, -0.1) is 4.84 Å². The average molecular weight is 214 g/mol. The van der Waals surface area contributed by atoms with Gasteiger partial charge in [-0.1, -0.05) is 0 Å². The molecule has 0 aliphatic heterocycles. The van der Waals surface area contributed by atoms with E-state index in [0.29, 0.717) is 0 Å². The maximum Gasteiger partial charge on any atom is 0.335 e. The summed E-state index contributed by atoms with van der Waals surface area (Å²) in [6, 6.07) is 0. The zero-order chi connectivity index (χ0) is 5.54. The molecule has 0 atom stereocenters. The second-order valence-electron chi connectivity index (χ2n) is 0.571. The van der Waals surface area contributed by atoms with Crippen LogP contribution in [0.4, 0.5) is 0 Å². The summed E-state index contributed by atoms with van der Waals surface area (Å²) in [6.45, 7) is 4.72. The Morgan fingerprint density at radius 2 is 2.57 bits per heavy atom. The molecule has 4 heteroatoms. The molecule has 0 rings (SSSR count). The molecule has 0 aromatic rings. The minimum absolute atomic E-state index is 0.132. The van der Waals surface area contributed by atoms with Crippen LogP contribution in [0.5, 0.6) is 0 Å². The van der Waals surface area contributed by atoms with Crippen LogP contribution in [-0.2, 0) is 7.90 Å². The lowest BCUT2D eigenvalue weighted by Crippen LogP contribution is -1.80. The Morgan fingerprint density at radius 1 is 1.86 bits per heavy atom. The lowest BCUT2D eigenvalue weighted by Gasteiger charge is -1.78. The predicted octanol–water partition coefficient (Wildman–Crippen LogP) is 1.17. The average Bonchev–Trinajstić information content (AvgIpc) is 1.69.